The Bertz CT molecular complexity index is 494. The van der Waals surface area contributed by atoms with Gasteiger partial charge in [0.05, 0.1) is 6.61 Å². The predicted molar refractivity (Wildman–Crippen MR) is 60.2 cm³/mol. The summed E-state index contributed by atoms with van der Waals surface area (Å²) in [6, 6.07) is 5.95. The van der Waals surface area contributed by atoms with E-state index < -0.39 is 0 Å². The van der Waals surface area contributed by atoms with Gasteiger partial charge >= 0.3 is 0 Å². The number of rotatable bonds is 2. The van der Waals surface area contributed by atoms with E-state index in [-0.39, 0.29) is 0 Å². The molecule has 0 unspecified atom stereocenters. The van der Waals surface area contributed by atoms with Gasteiger partial charge in [0, 0.05) is 17.1 Å². The summed E-state index contributed by atoms with van der Waals surface area (Å²) in [6.45, 7) is 6.62. The second kappa shape index (κ2) is 3.85. The van der Waals surface area contributed by atoms with Gasteiger partial charge in [0.25, 0.3) is 0 Å². The monoisotopic (exact) mass is 202 g/mol. The second-order valence-corrected chi connectivity index (χ2v) is 3.53. The van der Waals surface area contributed by atoms with Crippen LogP contribution >= 0.6 is 0 Å². The van der Waals surface area contributed by atoms with Gasteiger partial charge in [-0.2, -0.15) is 4.98 Å². The van der Waals surface area contributed by atoms with Crippen molar-refractivity contribution in [1.29, 1.82) is 0 Å². The third-order valence-corrected chi connectivity index (χ3v) is 2.27. The van der Waals surface area contributed by atoms with Gasteiger partial charge < -0.3 is 4.74 Å². The van der Waals surface area contributed by atoms with Crippen molar-refractivity contribution in [2.75, 3.05) is 6.61 Å². The summed E-state index contributed by atoms with van der Waals surface area (Å²) in [7, 11) is 0. The van der Waals surface area contributed by atoms with Crippen LogP contribution in [0.1, 0.15) is 18.2 Å². The minimum atomic E-state index is 0.628. The van der Waals surface area contributed by atoms with E-state index in [9.17, 15) is 0 Å². The van der Waals surface area contributed by atoms with E-state index in [1.54, 1.807) is 0 Å². The fourth-order valence-electron chi connectivity index (χ4n) is 1.64. The number of pyridine rings is 2. The normalized spacial score (nSPS) is 10.6. The standard InChI is InChI=1S/C12H14N2O/c1-4-15-11-6-5-10-8(2)7-9(3)13-12(10)14-11/h5-7H,4H2,1-3H3. The summed E-state index contributed by atoms with van der Waals surface area (Å²) in [5.41, 5.74) is 2.95. The Balaban J connectivity index is 2.60. The van der Waals surface area contributed by atoms with Crippen molar-refractivity contribution >= 4 is 11.0 Å². The van der Waals surface area contributed by atoms with Crippen molar-refractivity contribution in [2.24, 2.45) is 0 Å². The summed E-state index contributed by atoms with van der Waals surface area (Å²) in [5.74, 6) is 0.641. The molecule has 0 fully saturated rings. The van der Waals surface area contributed by atoms with E-state index in [0.29, 0.717) is 12.5 Å². The van der Waals surface area contributed by atoms with Crippen LogP contribution in [-0.2, 0) is 0 Å². The van der Waals surface area contributed by atoms with Crippen LogP contribution in [0.25, 0.3) is 11.0 Å². The highest BCUT2D eigenvalue weighted by Crippen LogP contribution is 2.19. The number of aryl methyl sites for hydroxylation is 2. The molecule has 0 N–H and O–H groups in total. The smallest absolute Gasteiger partial charge is 0.215 e. The minimum absolute atomic E-state index is 0.628. The lowest BCUT2D eigenvalue weighted by molar-refractivity contribution is 0.328. The highest BCUT2D eigenvalue weighted by atomic mass is 16.5. The Kier molecular flexibility index (Phi) is 2.54. The van der Waals surface area contributed by atoms with Gasteiger partial charge in [-0.3, -0.25) is 0 Å². The predicted octanol–water partition coefficient (Wildman–Crippen LogP) is 2.65. The highest BCUT2D eigenvalue weighted by molar-refractivity contribution is 5.79. The average molecular weight is 202 g/mol. The second-order valence-electron chi connectivity index (χ2n) is 3.53. The molecule has 2 aromatic rings. The quantitative estimate of drug-likeness (QED) is 0.751. The van der Waals surface area contributed by atoms with Crippen molar-refractivity contribution in [1.82, 2.24) is 9.97 Å². The SMILES string of the molecule is CCOc1ccc2c(C)cc(C)nc2n1. The maximum absolute atomic E-state index is 5.34. The number of aromatic nitrogens is 2. The zero-order valence-corrected chi connectivity index (χ0v) is 9.24. The molecule has 0 saturated heterocycles. The van der Waals surface area contributed by atoms with Gasteiger partial charge in [-0.25, -0.2) is 4.98 Å². The van der Waals surface area contributed by atoms with Gasteiger partial charge in [-0.1, -0.05) is 0 Å². The van der Waals surface area contributed by atoms with E-state index in [4.69, 9.17) is 4.74 Å². The molecule has 0 radical (unpaired) electrons. The van der Waals surface area contributed by atoms with Crippen molar-refractivity contribution in [2.45, 2.75) is 20.8 Å². The lowest BCUT2D eigenvalue weighted by Crippen LogP contribution is -1.96. The van der Waals surface area contributed by atoms with Crippen LogP contribution in [0.4, 0.5) is 0 Å². The third kappa shape index (κ3) is 1.91. The Labute approximate surface area is 89.1 Å². The fourth-order valence-corrected chi connectivity index (χ4v) is 1.64. The first-order valence-electron chi connectivity index (χ1n) is 5.08. The van der Waals surface area contributed by atoms with E-state index in [1.165, 1.54) is 5.56 Å². The summed E-state index contributed by atoms with van der Waals surface area (Å²) in [6.07, 6.45) is 0. The van der Waals surface area contributed by atoms with E-state index in [2.05, 4.69) is 23.0 Å². The van der Waals surface area contributed by atoms with Gasteiger partial charge in [0.2, 0.25) is 5.88 Å². The van der Waals surface area contributed by atoms with Crippen LogP contribution in [0.3, 0.4) is 0 Å². The van der Waals surface area contributed by atoms with Gasteiger partial charge in [0.15, 0.2) is 5.65 Å². The number of nitrogens with zero attached hydrogens (tertiary/aromatic N) is 2. The minimum Gasteiger partial charge on any atom is -0.478 e. The molecule has 0 amide bonds. The first-order valence-corrected chi connectivity index (χ1v) is 5.08. The maximum Gasteiger partial charge on any atom is 0.215 e. The highest BCUT2D eigenvalue weighted by Gasteiger charge is 2.03. The van der Waals surface area contributed by atoms with Crippen LogP contribution in [0.5, 0.6) is 5.88 Å². The summed E-state index contributed by atoms with van der Waals surface area (Å²) in [4.78, 5) is 8.74. The lowest BCUT2D eigenvalue weighted by Gasteiger charge is -2.05. The lowest BCUT2D eigenvalue weighted by atomic mass is 10.1. The molecule has 15 heavy (non-hydrogen) atoms. The zero-order valence-electron chi connectivity index (χ0n) is 9.24. The first kappa shape index (κ1) is 9.90. The molecule has 2 aromatic heterocycles. The van der Waals surface area contributed by atoms with E-state index in [1.807, 2.05) is 26.0 Å². The maximum atomic E-state index is 5.34. The molecule has 3 heteroatoms. The number of hydrogen-bond acceptors (Lipinski definition) is 3. The summed E-state index contributed by atoms with van der Waals surface area (Å²) in [5, 5.41) is 1.09. The number of hydrogen-bond donors (Lipinski definition) is 0. The van der Waals surface area contributed by atoms with Crippen LogP contribution < -0.4 is 4.74 Å². The molecule has 0 saturated carbocycles. The Morgan fingerprint density at radius 3 is 2.73 bits per heavy atom. The Morgan fingerprint density at radius 1 is 1.20 bits per heavy atom. The average Bonchev–Trinajstić information content (AvgIpc) is 2.17. The van der Waals surface area contributed by atoms with Crippen molar-refractivity contribution in [3.05, 3.63) is 29.5 Å². The van der Waals surface area contributed by atoms with Gasteiger partial charge in [-0.05, 0) is 38.5 Å². The Morgan fingerprint density at radius 2 is 2.00 bits per heavy atom. The van der Waals surface area contributed by atoms with Gasteiger partial charge in [-0.15, -0.1) is 0 Å². The van der Waals surface area contributed by atoms with Gasteiger partial charge in [0.1, 0.15) is 0 Å². The third-order valence-electron chi connectivity index (χ3n) is 2.27. The molecule has 0 aliphatic rings. The zero-order chi connectivity index (χ0) is 10.8. The molecule has 0 aliphatic carbocycles. The molecule has 78 valence electrons. The molecule has 3 nitrogen and oxygen atoms in total. The Hall–Kier alpha value is -1.64. The summed E-state index contributed by atoms with van der Waals surface area (Å²) < 4.78 is 5.34. The largest absolute Gasteiger partial charge is 0.478 e. The molecule has 0 spiro atoms. The molecule has 0 bridgehead atoms. The molecular formula is C12H14N2O. The van der Waals surface area contributed by atoms with Crippen molar-refractivity contribution in [3.63, 3.8) is 0 Å². The van der Waals surface area contributed by atoms with Crippen LogP contribution in [0, 0.1) is 13.8 Å². The van der Waals surface area contributed by atoms with Crippen LogP contribution in [0.2, 0.25) is 0 Å². The molecule has 0 aromatic carbocycles. The molecular weight excluding hydrogens is 188 g/mol. The topological polar surface area (TPSA) is 35.0 Å². The van der Waals surface area contributed by atoms with Crippen molar-refractivity contribution in [3.8, 4) is 5.88 Å². The molecule has 2 heterocycles. The first-order chi connectivity index (χ1) is 7.20. The van der Waals surface area contributed by atoms with Crippen LogP contribution in [0.15, 0.2) is 18.2 Å². The van der Waals surface area contributed by atoms with E-state index >= 15 is 0 Å². The molecule has 0 aliphatic heterocycles. The summed E-state index contributed by atoms with van der Waals surface area (Å²) >= 11 is 0. The molecule has 0 atom stereocenters. The fraction of sp³-hybridized carbons (Fsp3) is 0.333. The van der Waals surface area contributed by atoms with Crippen LogP contribution in [-0.4, -0.2) is 16.6 Å². The molecule has 2 rings (SSSR count). The van der Waals surface area contributed by atoms with E-state index in [0.717, 1.165) is 16.7 Å². The number of fused-ring (bicyclic) bond motifs is 1. The number of ether oxygens (including phenoxy) is 1. The van der Waals surface area contributed by atoms with Crippen molar-refractivity contribution < 1.29 is 4.74 Å².